The number of carbonyl (C=O) groups excluding carboxylic acids is 1. The normalized spacial score (nSPS) is 16.9. The maximum Gasteiger partial charge on any atom is 0.289 e. The van der Waals surface area contributed by atoms with E-state index in [4.69, 9.17) is 0 Å². The van der Waals surface area contributed by atoms with Gasteiger partial charge < -0.3 is 0 Å². The minimum atomic E-state index is -3.64. The highest BCUT2D eigenvalue weighted by Gasteiger charge is 2.28. The molecule has 21 heavy (non-hydrogen) atoms. The Morgan fingerprint density at radius 3 is 2.48 bits per heavy atom. The number of sulfonamides is 1. The van der Waals surface area contributed by atoms with Gasteiger partial charge in [-0.2, -0.15) is 5.10 Å². The molecule has 1 aliphatic rings. The standard InChI is InChI=1S/C12H19FN4O3S/c1-8-10(13)11(15-17(8)2)12(18)14-16-21(19,20)9-6-4-3-5-7-9/h9,16H,3-7H2,1-2H3,(H,14,18). The van der Waals surface area contributed by atoms with Gasteiger partial charge in [-0.3, -0.25) is 14.9 Å². The second kappa shape index (κ2) is 6.10. The van der Waals surface area contributed by atoms with Crippen LogP contribution in [0.15, 0.2) is 0 Å². The summed E-state index contributed by atoms with van der Waals surface area (Å²) >= 11 is 0. The summed E-state index contributed by atoms with van der Waals surface area (Å²) in [4.78, 5) is 13.8. The number of hydrogen-bond donors (Lipinski definition) is 2. The van der Waals surface area contributed by atoms with Crippen LogP contribution in [0.4, 0.5) is 4.39 Å². The van der Waals surface area contributed by atoms with Crippen molar-refractivity contribution in [1.29, 1.82) is 0 Å². The molecule has 0 spiro atoms. The average Bonchev–Trinajstić information content (AvgIpc) is 2.73. The van der Waals surface area contributed by atoms with Crippen LogP contribution in [0, 0.1) is 12.7 Å². The van der Waals surface area contributed by atoms with Crippen LogP contribution in [0.1, 0.15) is 48.3 Å². The molecule has 0 atom stereocenters. The number of halogens is 1. The summed E-state index contributed by atoms with van der Waals surface area (Å²) < 4.78 is 39.0. The number of hydrogen-bond acceptors (Lipinski definition) is 4. The minimum Gasteiger partial charge on any atom is -0.272 e. The van der Waals surface area contributed by atoms with Crippen LogP contribution < -0.4 is 10.3 Å². The number of aromatic nitrogens is 2. The summed E-state index contributed by atoms with van der Waals surface area (Å²) in [6, 6.07) is 0. The van der Waals surface area contributed by atoms with E-state index in [9.17, 15) is 17.6 Å². The first-order valence-corrected chi connectivity index (χ1v) is 8.37. The van der Waals surface area contributed by atoms with E-state index in [-0.39, 0.29) is 5.69 Å². The summed E-state index contributed by atoms with van der Waals surface area (Å²) in [5, 5.41) is 3.21. The van der Waals surface area contributed by atoms with E-state index in [2.05, 4.69) is 5.10 Å². The van der Waals surface area contributed by atoms with Crippen molar-refractivity contribution in [2.24, 2.45) is 7.05 Å². The van der Waals surface area contributed by atoms with Crippen LogP contribution in [0.3, 0.4) is 0 Å². The van der Waals surface area contributed by atoms with E-state index in [0.717, 1.165) is 19.3 Å². The number of aryl methyl sites for hydroxylation is 1. The number of carbonyl (C=O) groups is 1. The van der Waals surface area contributed by atoms with Crippen LogP contribution in [0.2, 0.25) is 0 Å². The summed E-state index contributed by atoms with van der Waals surface area (Å²) in [7, 11) is -2.14. The van der Waals surface area contributed by atoms with Crippen molar-refractivity contribution in [1.82, 2.24) is 20.0 Å². The molecule has 7 nitrogen and oxygen atoms in total. The van der Waals surface area contributed by atoms with E-state index in [1.54, 1.807) is 0 Å². The van der Waals surface area contributed by atoms with Gasteiger partial charge in [-0.1, -0.05) is 19.3 Å². The fourth-order valence-electron chi connectivity index (χ4n) is 2.36. The fraction of sp³-hybridized carbons (Fsp3) is 0.667. The Bertz CT molecular complexity index is 635. The van der Waals surface area contributed by atoms with Crippen molar-refractivity contribution < 1.29 is 17.6 Å². The molecule has 0 radical (unpaired) electrons. The van der Waals surface area contributed by atoms with E-state index in [1.807, 2.05) is 10.3 Å². The molecule has 118 valence electrons. The molecule has 1 fully saturated rings. The highest BCUT2D eigenvalue weighted by Crippen LogP contribution is 2.22. The highest BCUT2D eigenvalue weighted by atomic mass is 32.2. The van der Waals surface area contributed by atoms with Gasteiger partial charge in [0, 0.05) is 7.05 Å². The Balaban J connectivity index is 2.01. The minimum absolute atomic E-state index is 0.204. The van der Waals surface area contributed by atoms with Crippen LogP contribution in [-0.4, -0.2) is 29.4 Å². The van der Waals surface area contributed by atoms with Gasteiger partial charge in [0.25, 0.3) is 5.91 Å². The zero-order chi connectivity index (χ0) is 15.6. The fourth-order valence-corrected chi connectivity index (χ4v) is 3.72. The SMILES string of the molecule is Cc1c(F)c(C(=O)NNS(=O)(=O)C2CCCCC2)nn1C. The van der Waals surface area contributed by atoms with Crippen molar-refractivity contribution in [2.75, 3.05) is 0 Å². The molecule has 2 N–H and O–H groups in total. The number of rotatable bonds is 4. The summed E-state index contributed by atoms with van der Waals surface area (Å²) in [5.41, 5.74) is 1.80. The number of hydrazine groups is 1. The summed E-state index contributed by atoms with van der Waals surface area (Å²) in [6.45, 7) is 1.48. The van der Waals surface area contributed by atoms with Crippen LogP contribution in [0.5, 0.6) is 0 Å². The molecule has 0 bridgehead atoms. The molecule has 1 aromatic rings. The smallest absolute Gasteiger partial charge is 0.272 e. The van der Waals surface area contributed by atoms with E-state index >= 15 is 0 Å². The molecule has 1 amide bonds. The molecule has 1 aromatic heterocycles. The van der Waals surface area contributed by atoms with E-state index in [0.29, 0.717) is 12.8 Å². The van der Waals surface area contributed by atoms with E-state index in [1.165, 1.54) is 18.7 Å². The molecule has 0 unspecified atom stereocenters. The first kappa shape index (κ1) is 15.9. The van der Waals surface area contributed by atoms with Gasteiger partial charge in [0.15, 0.2) is 11.5 Å². The van der Waals surface area contributed by atoms with Gasteiger partial charge in [0.05, 0.1) is 10.9 Å². The molecular formula is C12H19FN4O3S. The zero-order valence-corrected chi connectivity index (χ0v) is 12.8. The predicted octanol–water partition coefficient (Wildman–Crippen LogP) is 0.765. The van der Waals surface area contributed by atoms with Crippen LogP contribution >= 0.6 is 0 Å². The maximum atomic E-state index is 13.7. The topological polar surface area (TPSA) is 93.1 Å². The van der Waals surface area contributed by atoms with Gasteiger partial charge in [0.2, 0.25) is 10.0 Å². The lowest BCUT2D eigenvalue weighted by Gasteiger charge is -2.21. The molecule has 2 rings (SSSR count). The first-order valence-electron chi connectivity index (χ1n) is 6.83. The molecular weight excluding hydrogens is 299 g/mol. The van der Waals surface area contributed by atoms with Crippen molar-refractivity contribution >= 4 is 15.9 Å². The van der Waals surface area contributed by atoms with Crippen LogP contribution in [0.25, 0.3) is 0 Å². The third-order valence-electron chi connectivity index (χ3n) is 3.77. The molecule has 1 saturated carbocycles. The van der Waals surface area contributed by atoms with Crippen LogP contribution in [-0.2, 0) is 17.1 Å². The third-order valence-corrected chi connectivity index (χ3v) is 5.51. The first-order chi connectivity index (χ1) is 9.83. The number of amides is 1. The number of nitrogens with one attached hydrogen (secondary N) is 2. The van der Waals surface area contributed by atoms with Crippen molar-refractivity contribution in [3.63, 3.8) is 0 Å². The number of nitrogens with zero attached hydrogens (tertiary/aromatic N) is 2. The Hall–Kier alpha value is -1.48. The van der Waals surface area contributed by atoms with Gasteiger partial charge >= 0.3 is 0 Å². The lowest BCUT2D eigenvalue weighted by molar-refractivity contribution is 0.0935. The van der Waals surface area contributed by atoms with Gasteiger partial charge in [-0.25, -0.2) is 12.8 Å². The Morgan fingerprint density at radius 1 is 1.33 bits per heavy atom. The quantitative estimate of drug-likeness (QED) is 0.802. The maximum absolute atomic E-state index is 13.7. The monoisotopic (exact) mass is 318 g/mol. The van der Waals surface area contributed by atoms with E-state index < -0.39 is 32.7 Å². The Morgan fingerprint density at radius 2 is 1.95 bits per heavy atom. The molecule has 1 aliphatic carbocycles. The second-order valence-electron chi connectivity index (χ2n) is 5.23. The Kier molecular flexibility index (Phi) is 4.62. The van der Waals surface area contributed by atoms with Crippen molar-refractivity contribution in [2.45, 2.75) is 44.3 Å². The molecule has 0 aliphatic heterocycles. The second-order valence-corrected chi connectivity index (χ2v) is 7.19. The zero-order valence-electron chi connectivity index (χ0n) is 12.0. The summed E-state index contributed by atoms with van der Waals surface area (Å²) in [5.74, 6) is -1.66. The molecule has 9 heteroatoms. The van der Waals surface area contributed by atoms with Crippen molar-refractivity contribution in [3.8, 4) is 0 Å². The Labute approximate surface area is 122 Å². The van der Waals surface area contributed by atoms with Gasteiger partial charge in [-0.05, 0) is 19.8 Å². The van der Waals surface area contributed by atoms with Gasteiger partial charge in [-0.15, -0.1) is 4.83 Å². The molecule has 1 heterocycles. The highest BCUT2D eigenvalue weighted by molar-refractivity contribution is 7.90. The predicted molar refractivity (Wildman–Crippen MR) is 74.3 cm³/mol. The lowest BCUT2D eigenvalue weighted by atomic mass is 10.0. The third kappa shape index (κ3) is 3.41. The molecule has 0 saturated heterocycles. The van der Waals surface area contributed by atoms with Gasteiger partial charge in [0.1, 0.15) is 0 Å². The largest absolute Gasteiger partial charge is 0.289 e. The van der Waals surface area contributed by atoms with Crippen molar-refractivity contribution in [3.05, 3.63) is 17.2 Å². The summed E-state index contributed by atoms with van der Waals surface area (Å²) in [6.07, 6.45) is 3.88. The lowest BCUT2D eigenvalue weighted by Crippen LogP contribution is -2.46. The average molecular weight is 318 g/mol. The molecule has 0 aromatic carbocycles.